The summed E-state index contributed by atoms with van der Waals surface area (Å²) in [6.07, 6.45) is 0. The van der Waals surface area contributed by atoms with E-state index in [1.54, 1.807) is 29.4 Å². The lowest BCUT2D eigenvalue weighted by molar-refractivity contribution is 0.0736. The molecule has 0 saturated carbocycles. The number of nitrogens with zero attached hydrogens (tertiary/aromatic N) is 3. The number of carbonyl (C=O) groups excluding carboxylic acids is 1. The predicted octanol–water partition coefficient (Wildman–Crippen LogP) is 4.83. The number of rotatable bonds is 4. The largest absolute Gasteiger partial charge is 0.331 e. The quantitative estimate of drug-likeness (QED) is 0.555. The van der Waals surface area contributed by atoms with Crippen molar-refractivity contribution in [2.45, 2.75) is 19.9 Å². The molecule has 0 saturated heterocycles. The van der Waals surface area contributed by atoms with Crippen molar-refractivity contribution in [3.05, 3.63) is 70.9 Å². The van der Waals surface area contributed by atoms with Crippen LogP contribution in [0.4, 0.5) is 0 Å². The number of hydrogen-bond acceptors (Lipinski definition) is 4. The zero-order valence-corrected chi connectivity index (χ0v) is 16.2. The maximum atomic E-state index is 12.9. The number of benzene rings is 2. The lowest BCUT2D eigenvalue weighted by Gasteiger charge is -2.22. The third-order valence-electron chi connectivity index (χ3n) is 4.72. The SMILES string of the molecule is Cc1ccc(-c2cc(C(=O)N(C)C(C)c3nc4ccccc4s3)[nH]n2)cc1. The Balaban J connectivity index is 1.55. The smallest absolute Gasteiger partial charge is 0.272 e. The van der Waals surface area contributed by atoms with Crippen LogP contribution in [0.25, 0.3) is 21.5 Å². The Morgan fingerprint density at radius 2 is 1.89 bits per heavy atom. The monoisotopic (exact) mass is 376 g/mol. The highest BCUT2D eigenvalue weighted by Gasteiger charge is 2.23. The second kappa shape index (κ2) is 6.96. The highest BCUT2D eigenvalue weighted by atomic mass is 32.1. The second-order valence-corrected chi connectivity index (χ2v) is 7.71. The number of aromatic amines is 1. The van der Waals surface area contributed by atoms with Gasteiger partial charge in [0.2, 0.25) is 0 Å². The van der Waals surface area contributed by atoms with Gasteiger partial charge in [0.1, 0.15) is 10.7 Å². The van der Waals surface area contributed by atoms with Gasteiger partial charge in [0.25, 0.3) is 5.91 Å². The zero-order chi connectivity index (χ0) is 19.0. The van der Waals surface area contributed by atoms with E-state index in [4.69, 9.17) is 0 Å². The van der Waals surface area contributed by atoms with Gasteiger partial charge in [-0.1, -0.05) is 42.0 Å². The molecule has 0 radical (unpaired) electrons. The fourth-order valence-corrected chi connectivity index (χ4v) is 3.97. The van der Waals surface area contributed by atoms with Crippen LogP contribution in [-0.4, -0.2) is 33.0 Å². The third kappa shape index (κ3) is 3.36. The third-order valence-corrected chi connectivity index (χ3v) is 5.93. The first kappa shape index (κ1) is 17.4. The standard InChI is InChI=1S/C21H20N4OS/c1-13-8-10-15(11-9-13)17-12-18(24-23-17)21(26)25(3)14(2)20-22-16-6-4-5-7-19(16)27-20/h4-12,14H,1-3H3,(H,23,24). The minimum absolute atomic E-state index is 0.104. The molecule has 0 spiro atoms. The topological polar surface area (TPSA) is 61.9 Å². The van der Waals surface area contributed by atoms with Crippen molar-refractivity contribution in [1.29, 1.82) is 0 Å². The van der Waals surface area contributed by atoms with Crippen molar-refractivity contribution >= 4 is 27.5 Å². The van der Waals surface area contributed by atoms with Gasteiger partial charge in [-0.25, -0.2) is 4.98 Å². The highest BCUT2D eigenvalue weighted by Crippen LogP contribution is 2.29. The summed E-state index contributed by atoms with van der Waals surface area (Å²) in [4.78, 5) is 19.3. The van der Waals surface area contributed by atoms with E-state index in [1.807, 2.05) is 62.4 Å². The van der Waals surface area contributed by atoms with Crippen LogP contribution in [-0.2, 0) is 0 Å². The molecular weight excluding hydrogens is 356 g/mol. The van der Waals surface area contributed by atoms with E-state index >= 15 is 0 Å². The van der Waals surface area contributed by atoms with E-state index in [-0.39, 0.29) is 11.9 Å². The predicted molar refractivity (Wildman–Crippen MR) is 109 cm³/mol. The van der Waals surface area contributed by atoms with E-state index in [0.717, 1.165) is 26.5 Å². The van der Waals surface area contributed by atoms with Gasteiger partial charge in [0.05, 0.1) is 22.0 Å². The van der Waals surface area contributed by atoms with Crippen molar-refractivity contribution in [3.8, 4) is 11.3 Å². The number of aryl methyl sites for hydroxylation is 1. The maximum Gasteiger partial charge on any atom is 0.272 e. The second-order valence-electron chi connectivity index (χ2n) is 6.64. The zero-order valence-electron chi connectivity index (χ0n) is 15.4. The molecule has 0 aliphatic carbocycles. The summed E-state index contributed by atoms with van der Waals surface area (Å²) < 4.78 is 1.13. The molecule has 0 aliphatic rings. The Hall–Kier alpha value is -2.99. The van der Waals surface area contributed by atoms with E-state index < -0.39 is 0 Å². The summed E-state index contributed by atoms with van der Waals surface area (Å²) in [7, 11) is 1.80. The van der Waals surface area contributed by atoms with Crippen LogP contribution >= 0.6 is 11.3 Å². The normalized spacial score (nSPS) is 12.3. The fraction of sp³-hybridized carbons (Fsp3) is 0.190. The summed E-state index contributed by atoms with van der Waals surface area (Å²) in [5, 5.41) is 8.10. The lowest BCUT2D eigenvalue weighted by Crippen LogP contribution is -2.29. The molecule has 27 heavy (non-hydrogen) atoms. The highest BCUT2D eigenvalue weighted by molar-refractivity contribution is 7.18. The molecule has 136 valence electrons. The summed E-state index contributed by atoms with van der Waals surface area (Å²) in [6, 6.07) is 17.8. The summed E-state index contributed by atoms with van der Waals surface area (Å²) in [6.45, 7) is 4.04. The minimum Gasteiger partial charge on any atom is -0.331 e. The lowest BCUT2D eigenvalue weighted by atomic mass is 10.1. The molecule has 0 fully saturated rings. The van der Waals surface area contributed by atoms with Gasteiger partial charge in [-0.3, -0.25) is 9.89 Å². The molecule has 2 aromatic heterocycles. The molecule has 0 aliphatic heterocycles. The molecule has 4 aromatic rings. The van der Waals surface area contributed by atoms with E-state index in [9.17, 15) is 4.79 Å². The van der Waals surface area contributed by atoms with Crippen LogP contribution in [0.3, 0.4) is 0 Å². The van der Waals surface area contributed by atoms with E-state index in [1.165, 1.54) is 5.56 Å². The molecule has 2 aromatic carbocycles. The number of aromatic nitrogens is 3. The Kier molecular flexibility index (Phi) is 4.49. The number of carbonyl (C=O) groups is 1. The van der Waals surface area contributed by atoms with Crippen molar-refractivity contribution in [3.63, 3.8) is 0 Å². The van der Waals surface area contributed by atoms with Crippen LogP contribution in [0.2, 0.25) is 0 Å². The van der Waals surface area contributed by atoms with Crippen molar-refractivity contribution in [1.82, 2.24) is 20.1 Å². The average Bonchev–Trinajstić information content (AvgIpc) is 3.34. The average molecular weight is 376 g/mol. The number of amides is 1. The number of fused-ring (bicyclic) bond motifs is 1. The van der Waals surface area contributed by atoms with Gasteiger partial charge in [-0.15, -0.1) is 11.3 Å². The van der Waals surface area contributed by atoms with Gasteiger partial charge in [-0.05, 0) is 32.0 Å². The minimum atomic E-state index is -0.124. The van der Waals surface area contributed by atoms with E-state index in [0.29, 0.717) is 5.69 Å². The molecule has 1 amide bonds. The molecule has 1 N–H and O–H groups in total. The van der Waals surface area contributed by atoms with Crippen LogP contribution in [0, 0.1) is 6.92 Å². The molecule has 5 nitrogen and oxygen atoms in total. The number of hydrogen-bond donors (Lipinski definition) is 1. The molecule has 2 heterocycles. The first-order valence-electron chi connectivity index (χ1n) is 8.78. The Morgan fingerprint density at radius 3 is 2.63 bits per heavy atom. The number of thiazole rings is 1. The van der Waals surface area contributed by atoms with Crippen LogP contribution in [0.5, 0.6) is 0 Å². The number of nitrogens with one attached hydrogen (secondary N) is 1. The van der Waals surface area contributed by atoms with Crippen molar-refractivity contribution in [2.75, 3.05) is 7.05 Å². The van der Waals surface area contributed by atoms with E-state index in [2.05, 4.69) is 15.2 Å². The van der Waals surface area contributed by atoms with Gasteiger partial charge in [0, 0.05) is 12.6 Å². The Morgan fingerprint density at radius 1 is 1.15 bits per heavy atom. The Bertz CT molecular complexity index is 1060. The maximum absolute atomic E-state index is 12.9. The van der Waals surface area contributed by atoms with Crippen LogP contribution < -0.4 is 0 Å². The molecule has 1 atom stereocenters. The first-order valence-corrected chi connectivity index (χ1v) is 9.59. The summed E-state index contributed by atoms with van der Waals surface area (Å²) in [5.41, 5.74) is 4.38. The molecule has 4 rings (SSSR count). The van der Waals surface area contributed by atoms with Gasteiger partial charge in [0.15, 0.2) is 0 Å². The van der Waals surface area contributed by atoms with Crippen LogP contribution in [0.15, 0.2) is 54.6 Å². The summed E-state index contributed by atoms with van der Waals surface area (Å²) in [5.74, 6) is -0.104. The van der Waals surface area contributed by atoms with Gasteiger partial charge in [-0.2, -0.15) is 5.10 Å². The molecule has 6 heteroatoms. The first-order chi connectivity index (χ1) is 13.0. The van der Waals surface area contributed by atoms with Crippen LogP contribution in [0.1, 0.15) is 34.0 Å². The van der Waals surface area contributed by atoms with Gasteiger partial charge >= 0.3 is 0 Å². The van der Waals surface area contributed by atoms with Gasteiger partial charge < -0.3 is 4.90 Å². The molecule has 0 bridgehead atoms. The molecule has 1 unspecified atom stereocenters. The Labute approximate surface area is 161 Å². The van der Waals surface area contributed by atoms with Crippen molar-refractivity contribution in [2.24, 2.45) is 0 Å². The number of H-pyrrole nitrogens is 1. The number of para-hydroxylation sites is 1. The summed E-state index contributed by atoms with van der Waals surface area (Å²) >= 11 is 1.62. The fourth-order valence-electron chi connectivity index (χ4n) is 2.90. The molecular formula is C21H20N4OS. The van der Waals surface area contributed by atoms with Crippen molar-refractivity contribution < 1.29 is 4.79 Å².